The van der Waals surface area contributed by atoms with E-state index in [1.807, 2.05) is 0 Å². The van der Waals surface area contributed by atoms with Gasteiger partial charge in [0, 0.05) is 12.0 Å². The van der Waals surface area contributed by atoms with E-state index in [2.05, 4.69) is 10.1 Å². The van der Waals surface area contributed by atoms with E-state index in [4.69, 9.17) is 0 Å². The van der Waals surface area contributed by atoms with Crippen LogP contribution in [0.25, 0.3) is 0 Å². The van der Waals surface area contributed by atoms with Crippen LogP contribution in [0.15, 0.2) is 42.5 Å². The molecule has 9 heteroatoms. The van der Waals surface area contributed by atoms with Crippen LogP contribution in [-0.4, -0.2) is 25.0 Å². The number of alkyl halides is 3. The maximum absolute atomic E-state index is 13.3. The third kappa shape index (κ3) is 5.02. The number of hydrogen-bond acceptors (Lipinski definition) is 3. The molecule has 0 aliphatic rings. The molecule has 1 atom stereocenters. The largest absolute Gasteiger partial charge is 0.467 e. The molecule has 1 N–H and O–H groups in total. The first-order valence-corrected chi connectivity index (χ1v) is 7.62. The summed E-state index contributed by atoms with van der Waals surface area (Å²) in [5, 5.41) is 2.19. The van der Waals surface area contributed by atoms with Crippen LogP contribution in [0.2, 0.25) is 0 Å². The minimum Gasteiger partial charge on any atom is -0.467 e. The summed E-state index contributed by atoms with van der Waals surface area (Å²) >= 11 is 0. The normalized spacial score (nSPS) is 12.4. The van der Waals surface area contributed by atoms with E-state index in [1.165, 1.54) is 18.2 Å². The molecule has 2 aromatic carbocycles. The average Bonchev–Trinajstić information content (AvgIpc) is 2.62. The molecule has 0 radical (unpaired) electrons. The van der Waals surface area contributed by atoms with E-state index in [0.717, 1.165) is 25.3 Å². The molecule has 0 saturated carbocycles. The van der Waals surface area contributed by atoms with Crippen molar-refractivity contribution >= 4 is 11.9 Å². The minimum atomic E-state index is -4.65. The standard InChI is InChI=1S/C18H14F5NO3/c1-27-17(26)15(9-10-4-2-3-5-12(10)18(21,22)23)24-16(25)11-6-7-13(19)14(20)8-11/h2-8,15H,9H2,1H3,(H,24,25)/t15-/m0/s1. The number of hydrogen-bond donors (Lipinski definition) is 1. The van der Waals surface area contributed by atoms with Crippen molar-refractivity contribution < 1.29 is 36.3 Å². The van der Waals surface area contributed by atoms with Gasteiger partial charge in [-0.05, 0) is 29.8 Å². The SMILES string of the molecule is COC(=O)[C@H](Cc1ccccc1C(F)(F)F)NC(=O)c1ccc(F)c(F)c1. The van der Waals surface area contributed by atoms with Gasteiger partial charge in [0.15, 0.2) is 11.6 Å². The molecule has 1 amide bonds. The lowest BCUT2D eigenvalue weighted by Gasteiger charge is -2.19. The van der Waals surface area contributed by atoms with Gasteiger partial charge < -0.3 is 10.1 Å². The molecule has 0 bridgehead atoms. The highest BCUT2D eigenvalue weighted by Gasteiger charge is 2.34. The highest BCUT2D eigenvalue weighted by molar-refractivity contribution is 5.96. The lowest BCUT2D eigenvalue weighted by atomic mass is 9.99. The number of benzene rings is 2. The van der Waals surface area contributed by atoms with Gasteiger partial charge in [-0.15, -0.1) is 0 Å². The number of methoxy groups -OCH3 is 1. The summed E-state index contributed by atoms with van der Waals surface area (Å²) in [5.74, 6) is -4.40. The average molecular weight is 387 g/mol. The summed E-state index contributed by atoms with van der Waals surface area (Å²) < 4.78 is 70.1. The van der Waals surface area contributed by atoms with Gasteiger partial charge in [-0.3, -0.25) is 4.79 Å². The number of ether oxygens (including phenoxy) is 1. The number of carbonyl (C=O) groups is 2. The number of halogens is 5. The highest BCUT2D eigenvalue weighted by atomic mass is 19.4. The summed E-state index contributed by atoms with van der Waals surface area (Å²) in [6.07, 6.45) is -5.15. The molecular formula is C18H14F5NO3. The zero-order chi connectivity index (χ0) is 20.2. The topological polar surface area (TPSA) is 55.4 Å². The van der Waals surface area contributed by atoms with Crippen molar-refractivity contribution in [2.24, 2.45) is 0 Å². The predicted octanol–water partition coefficient (Wildman–Crippen LogP) is 3.50. The third-order valence-electron chi connectivity index (χ3n) is 3.72. The molecule has 0 heterocycles. The zero-order valence-corrected chi connectivity index (χ0v) is 13.9. The number of amides is 1. The first kappa shape index (κ1) is 20.3. The molecule has 0 saturated heterocycles. The van der Waals surface area contributed by atoms with Crippen molar-refractivity contribution in [2.45, 2.75) is 18.6 Å². The minimum absolute atomic E-state index is 0.231. The Morgan fingerprint density at radius 2 is 1.74 bits per heavy atom. The quantitative estimate of drug-likeness (QED) is 0.631. The van der Waals surface area contributed by atoms with Gasteiger partial charge in [-0.2, -0.15) is 13.2 Å². The Morgan fingerprint density at radius 1 is 1.07 bits per heavy atom. The monoisotopic (exact) mass is 387 g/mol. The van der Waals surface area contributed by atoms with Gasteiger partial charge in [0.2, 0.25) is 0 Å². The molecule has 0 aliphatic carbocycles. The van der Waals surface area contributed by atoms with Crippen LogP contribution in [0.5, 0.6) is 0 Å². The Kier molecular flexibility index (Phi) is 6.14. The first-order valence-electron chi connectivity index (χ1n) is 7.62. The number of nitrogens with one attached hydrogen (secondary N) is 1. The van der Waals surface area contributed by atoms with E-state index in [9.17, 15) is 31.5 Å². The fourth-order valence-electron chi connectivity index (χ4n) is 2.41. The molecular weight excluding hydrogens is 373 g/mol. The van der Waals surface area contributed by atoms with E-state index in [-0.39, 0.29) is 11.1 Å². The molecule has 2 aromatic rings. The Hall–Kier alpha value is -2.97. The lowest BCUT2D eigenvalue weighted by molar-refractivity contribution is -0.144. The molecule has 144 valence electrons. The molecule has 0 aromatic heterocycles. The Balaban J connectivity index is 2.28. The second kappa shape index (κ2) is 8.15. The van der Waals surface area contributed by atoms with Crippen LogP contribution in [-0.2, 0) is 22.1 Å². The maximum Gasteiger partial charge on any atom is 0.416 e. The Morgan fingerprint density at radius 3 is 2.33 bits per heavy atom. The fourth-order valence-corrected chi connectivity index (χ4v) is 2.41. The summed E-state index contributed by atoms with van der Waals surface area (Å²) in [6.45, 7) is 0. The number of rotatable bonds is 5. The van der Waals surface area contributed by atoms with Crippen molar-refractivity contribution in [1.29, 1.82) is 0 Å². The van der Waals surface area contributed by atoms with Crippen LogP contribution in [0.1, 0.15) is 21.5 Å². The number of carbonyl (C=O) groups excluding carboxylic acids is 2. The van der Waals surface area contributed by atoms with E-state index in [0.29, 0.717) is 6.07 Å². The lowest BCUT2D eigenvalue weighted by Crippen LogP contribution is -2.43. The van der Waals surface area contributed by atoms with Crippen LogP contribution in [0.4, 0.5) is 22.0 Å². The fraction of sp³-hybridized carbons (Fsp3) is 0.222. The Labute approximate surface area is 150 Å². The molecule has 4 nitrogen and oxygen atoms in total. The van der Waals surface area contributed by atoms with Gasteiger partial charge in [0.05, 0.1) is 12.7 Å². The summed E-state index contributed by atoms with van der Waals surface area (Å²) in [6, 6.07) is 5.42. The third-order valence-corrected chi connectivity index (χ3v) is 3.72. The highest BCUT2D eigenvalue weighted by Crippen LogP contribution is 2.32. The molecule has 0 fully saturated rings. The number of esters is 1. The summed E-state index contributed by atoms with van der Waals surface area (Å²) in [4.78, 5) is 24.1. The van der Waals surface area contributed by atoms with Gasteiger partial charge >= 0.3 is 12.1 Å². The van der Waals surface area contributed by atoms with Crippen LogP contribution in [0.3, 0.4) is 0 Å². The van der Waals surface area contributed by atoms with Gasteiger partial charge in [-0.1, -0.05) is 18.2 Å². The predicted molar refractivity (Wildman–Crippen MR) is 84.8 cm³/mol. The van der Waals surface area contributed by atoms with Crippen LogP contribution in [0, 0.1) is 11.6 Å². The summed E-state index contributed by atoms with van der Waals surface area (Å²) in [5.41, 5.74) is -1.49. The maximum atomic E-state index is 13.3. The van der Waals surface area contributed by atoms with E-state index in [1.54, 1.807) is 0 Å². The molecule has 2 rings (SSSR count). The van der Waals surface area contributed by atoms with E-state index < -0.39 is 47.7 Å². The van der Waals surface area contributed by atoms with Crippen molar-refractivity contribution in [3.8, 4) is 0 Å². The Bertz CT molecular complexity index is 851. The zero-order valence-electron chi connectivity index (χ0n) is 13.9. The van der Waals surface area contributed by atoms with Crippen molar-refractivity contribution in [2.75, 3.05) is 7.11 Å². The molecule has 27 heavy (non-hydrogen) atoms. The van der Waals surface area contributed by atoms with Crippen molar-refractivity contribution in [3.05, 3.63) is 70.8 Å². The second-order valence-corrected chi connectivity index (χ2v) is 5.54. The second-order valence-electron chi connectivity index (χ2n) is 5.54. The van der Waals surface area contributed by atoms with Gasteiger partial charge in [-0.25, -0.2) is 13.6 Å². The van der Waals surface area contributed by atoms with Crippen molar-refractivity contribution in [3.63, 3.8) is 0 Å². The summed E-state index contributed by atoms with van der Waals surface area (Å²) in [7, 11) is 1.01. The van der Waals surface area contributed by atoms with Gasteiger partial charge in [0.25, 0.3) is 5.91 Å². The molecule has 0 aliphatic heterocycles. The van der Waals surface area contributed by atoms with Crippen LogP contribution < -0.4 is 5.32 Å². The smallest absolute Gasteiger partial charge is 0.416 e. The molecule has 0 unspecified atom stereocenters. The van der Waals surface area contributed by atoms with Gasteiger partial charge in [0.1, 0.15) is 6.04 Å². The van der Waals surface area contributed by atoms with Crippen molar-refractivity contribution in [1.82, 2.24) is 5.32 Å². The molecule has 0 spiro atoms. The first-order chi connectivity index (χ1) is 12.6. The van der Waals surface area contributed by atoms with Crippen LogP contribution >= 0.6 is 0 Å². The van der Waals surface area contributed by atoms with E-state index >= 15 is 0 Å².